The smallest absolute Gasteiger partial charge is 0.0912 e. The third kappa shape index (κ3) is 3.40. The Morgan fingerprint density at radius 1 is 1.67 bits per heavy atom. The van der Waals surface area contributed by atoms with E-state index in [1.807, 2.05) is 6.07 Å². The van der Waals surface area contributed by atoms with Gasteiger partial charge < -0.3 is 16.2 Å². The van der Waals surface area contributed by atoms with Crippen LogP contribution in [0.15, 0.2) is 41.4 Å². The van der Waals surface area contributed by atoms with Crippen LogP contribution in [0.5, 0.6) is 0 Å². The Hall–Kier alpha value is -1.88. The van der Waals surface area contributed by atoms with Crippen molar-refractivity contribution in [3.8, 4) is 0 Å². The molecule has 5 nitrogen and oxygen atoms in total. The van der Waals surface area contributed by atoms with E-state index in [0.29, 0.717) is 23.7 Å². The molecule has 0 bridgehead atoms. The standard InChI is InChI=1S/C10H14N4O/c1-15-7-10(9(12)5-11)14-8-3-2-4-13-6-8/h2-6H,7,11-12H2,1H3/b9-5+,14-10?. The molecule has 1 rings (SSSR count). The van der Waals surface area contributed by atoms with E-state index in [0.717, 1.165) is 0 Å². The van der Waals surface area contributed by atoms with Gasteiger partial charge in [-0.15, -0.1) is 0 Å². The number of aromatic nitrogens is 1. The first kappa shape index (κ1) is 11.2. The Balaban J connectivity index is 2.94. The molecule has 0 amide bonds. The van der Waals surface area contributed by atoms with Crippen LogP contribution in [0.2, 0.25) is 0 Å². The number of methoxy groups -OCH3 is 1. The van der Waals surface area contributed by atoms with Gasteiger partial charge in [0.25, 0.3) is 0 Å². The van der Waals surface area contributed by atoms with Crippen molar-refractivity contribution in [2.75, 3.05) is 13.7 Å². The summed E-state index contributed by atoms with van der Waals surface area (Å²) in [7, 11) is 1.57. The van der Waals surface area contributed by atoms with Crippen molar-refractivity contribution in [2.45, 2.75) is 0 Å². The van der Waals surface area contributed by atoms with E-state index in [4.69, 9.17) is 16.2 Å². The number of rotatable bonds is 4. The van der Waals surface area contributed by atoms with Gasteiger partial charge in [-0.25, -0.2) is 4.99 Å². The molecule has 0 aliphatic carbocycles. The molecule has 0 aromatic carbocycles. The molecular weight excluding hydrogens is 192 g/mol. The molecule has 0 aliphatic heterocycles. The average molecular weight is 206 g/mol. The molecule has 0 spiro atoms. The Kier molecular flexibility index (Phi) is 4.30. The first-order valence-corrected chi connectivity index (χ1v) is 4.42. The molecular formula is C10H14N4O. The second-order valence-electron chi connectivity index (χ2n) is 2.82. The van der Waals surface area contributed by atoms with Gasteiger partial charge >= 0.3 is 0 Å². The molecule has 0 atom stereocenters. The third-order valence-electron chi connectivity index (χ3n) is 1.70. The van der Waals surface area contributed by atoms with E-state index in [1.165, 1.54) is 6.20 Å². The van der Waals surface area contributed by atoms with E-state index in [9.17, 15) is 0 Å². The SMILES string of the molecule is COCC(=Nc1cccnc1)/C(N)=C\N. The van der Waals surface area contributed by atoms with Gasteiger partial charge in [0.15, 0.2) is 0 Å². The predicted molar refractivity (Wildman–Crippen MR) is 59.7 cm³/mol. The van der Waals surface area contributed by atoms with Crippen molar-refractivity contribution in [2.24, 2.45) is 16.5 Å². The van der Waals surface area contributed by atoms with Gasteiger partial charge in [0, 0.05) is 19.5 Å². The van der Waals surface area contributed by atoms with Gasteiger partial charge in [-0.1, -0.05) is 0 Å². The quantitative estimate of drug-likeness (QED) is 0.705. The highest BCUT2D eigenvalue weighted by atomic mass is 16.5. The van der Waals surface area contributed by atoms with Gasteiger partial charge in [0.2, 0.25) is 0 Å². The van der Waals surface area contributed by atoms with E-state index in [-0.39, 0.29) is 0 Å². The zero-order valence-corrected chi connectivity index (χ0v) is 8.55. The highest BCUT2D eigenvalue weighted by Crippen LogP contribution is 2.09. The van der Waals surface area contributed by atoms with Crippen LogP contribution in [0, 0.1) is 0 Å². The molecule has 80 valence electrons. The minimum Gasteiger partial charge on any atom is -0.403 e. The molecule has 15 heavy (non-hydrogen) atoms. The van der Waals surface area contributed by atoms with E-state index in [1.54, 1.807) is 25.6 Å². The summed E-state index contributed by atoms with van der Waals surface area (Å²) >= 11 is 0. The van der Waals surface area contributed by atoms with Crippen LogP contribution in [-0.2, 0) is 4.74 Å². The number of nitrogens with zero attached hydrogens (tertiary/aromatic N) is 2. The largest absolute Gasteiger partial charge is 0.403 e. The summed E-state index contributed by atoms with van der Waals surface area (Å²) in [6, 6.07) is 3.62. The van der Waals surface area contributed by atoms with Crippen molar-refractivity contribution in [1.29, 1.82) is 0 Å². The van der Waals surface area contributed by atoms with E-state index in [2.05, 4.69) is 9.98 Å². The fraction of sp³-hybridized carbons (Fsp3) is 0.200. The summed E-state index contributed by atoms with van der Waals surface area (Å²) < 4.78 is 4.97. The average Bonchev–Trinajstić information content (AvgIpc) is 2.29. The third-order valence-corrected chi connectivity index (χ3v) is 1.70. The minimum absolute atomic E-state index is 0.314. The second-order valence-corrected chi connectivity index (χ2v) is 2.82. The van der Waals surface area contributed by atoms with Crippen LogP contribution in [0.25, 0.3) is 0 Å². The second kappa shape index (κ2) is 5.77. The number of ether oxygens (including phenoxy) is 1. The van der Waals surface area contributed by atoms with Gasteiger partial charge in [0.05, 0.1) is 29.9 Å². The first-order valence-electron chi connectivity index (χ1n) is 4.42. The molecule has 0 aliphatic rings. The van der Waals surface area contributed by atoms with Crippen molar-refractivity contribution in [3.63, 3.8) is 0 Å². The highest BCUT2D eigenvalue weighted by molar-refractivity contribution is 6.01. The summed E-state index contributed by atoms with van der Waals surface area (Å²) in [5.41, 5.74) is 12.7. The number of hydrogen-bond donors (Lipinski definition) is 2. The zero-order chi connectivity index (χ0) is 11.1. The lowest BCUT2D eigenvalue weighted by Crippen LogP contribution is -2.18. The molecule has 5 heteroatoms. The first-order chi connectivity index (χ1) is 7.27. The van der Waals surface area contributed by atoms with Crippen LogP contribution in [0.4, 0.5) is 5.69 Å². The summed E-state index contributed by atoms with van der Waals surface area (Å²) in [4.78, 5) is 8.22. The van der Waals surface area contributed by atoms with Crippen LogP contribution in [0.1, 0.15) is 0 Å². The minimum atomic E-state index is 0.314. The Morgan fingerprint density at radius 3 is 3.00 bits per heavy atom. The van der Waals surface area contributed by atoms with E-state index >= 15 is 0 Å². The molecule has 1 aromatic heterocycles. The predicted octanol–water partition coefficient (Wildman–Crippen LogP) is 0.559. The lowest BCUT2D eigenvalue weighted by atomic mass is 10.3. The number of aliphatic imine (C=N–C) groups is 1. The van der Waals surface area contributed by atoms with Gasteiger partial charge in [-0.05, 0) is 12.1 Å². The van der Waals surface area contributed by atoms with Gasteiger partial charge in [-0.2, -0.15) is 0 Å². The number of pyridine rings is 1. The number of hydrogen-bond acceptors (Lipinski definition) is 5. The Labute approximate surface area is 88.5 Å². The molecule has 0 unspecified atom stereocenters. The van der Waals surface area contributed by atoms with Gasteiger partial charge in [0.1, 0.15) is 0 Å². The Bertz CT molecular complexity index is 359. The normalized spacial score (nSPS) is 12.9. The molecule has 0 saturated heterocycles. The van der Waals surface area contributed by atoms with Gasteiger partial charge in [-0.3, -0.25) is 4.98 Å². The molecule has 0 fully saturated rings. The van der Waals surface area contributed by atoms with Crippen molar-refractivity contribution < 1.29 is 4.74 Å². The van der Waals surface area contributed by atoms with Crippen LogP contribution in [0.3, 0.4) is 0 Å². The summed E-state index contributed by atoms with van der Waals surface area (Å²) in [6.07, 6.45) is 4.62. The van der Waals surface area contributed by atoms with E-state index < -0.39 is 0 Å². The summed E-state index contributed by atoms with van der Waals surface area (Å²) in [6.45, 7) is 0.314. The van der Waals surface area contributed by atoms with Crippen LogP contribution in [-0.4, -0.2) is 24.4 Å². The molecule has 1 aromatic rings. The molecule has 0 radical (unpaired) electrons. The maximum atomic E-state index is 5.66. The fourth-order valence-corrected chi connectivity index (χ4v) is 0.989. The monoisotopic (exact) mass is 206 g/mol. The lowest BCUT2D eigenvalue weighted by molar-refractivity contribution is 0.245. The summed E-state index contributed by atoms with van der Waals surface area (Å²) in [5, 5.41) is 0. The fourth-order valence-electron chi connectivity index (χ4n) is 0.989. The van der Waals surface area contributed by atoms with Crippen molar-refractivity contribution >= 4 is 11.4 Å². The van der Waals surface area contributed by atoms with Crippen LogP contribution < -0.4 is 11.5 Å². The van der Waals surface area contributed by atoms with Crippen molar-refractivity contribution in [1.82, 2.24) is 4.98 Å². The van der Waals surface area contributed by atoms with Crippen LogP contribution >= 0.6 is 0 Å². The maximum Gasteiger partial charge on any atom is 0.0912 e. The molecule has 4 N–H and O–H groups in total. The molecule has 0 saturated carbocycles. The summed E-state index contributed by atoms with van der Waals surface area (Å²) in [5.74, 6) is 0. The maximum absolute atomic E-state index is 5.66. The Morgan fingerprint density at radius 2 is 2.47 bits per heavy atom. The molecule has 1 heterocycles. The zero-order valence-electron chi connectivity index (χ0n) is 8.55. The topological polar surface area (TPSA) is 86.5 Å². The van der Waals surface area contributed by atoms with Crippen molar-refractivity contribution in [3.05, 3.63) is 36.4 Å². The lowest BCUT2D eigenvalue weighted by Gasteiger charge is -2.04. The highest BCUT2D eigenvalue weighted by Gasteiger charge is 2.02. The number of nitrogens with two attached hydrogens (primary N) is 2.